The van der Waals surface area contributed by atoms with E-state index in [0.29, 0.717) is 123 Å². The molecule has 8 rings (SSSR count). The number of ether oxygens (including phenoxy) is 3. The summed E-state index contributed by atoms with van der Waals surface area (Å²) in [7, 11) is -19.8. The summed E-state index contributed by atoms with van der Waals surface area (Å²) in [5, 5.41) is 65.7. The minimum absolute atomic E-state index is 0. The van der Waals surface area contributed by atoms with E-state index in [1.165, 1.54) is 54.9 Å². The Morgan fingerprint density at radius 1 is 0.627 bits per heavy atom. The summed E-state index contributed by atoms with van der Waals surface area (Å²) in [6.45, 7) is 6.28. The summed E-state index contributed by atoms with van der Waals surface area (Å²) < 4.78 is 148. The van der Waals surface area contributed by atoms with Crippen LogP contribution < -0.4 is 58.0 Å². The molecule has 0 aliphatic carbocycles. The number of hydrogen-bond acceptors (Lipinski definition) is 30. The summed E-state index contributed by atoms with van der Waals surface area (Å²) >= 11 is 0. The maximum atomic E-state index is 13.8. The molecule has 0 bridgehead atoms. The first-order valence-corrected chi connectivity index (χ1v) is 42.6. The van der Waals surface area contributed by atoms with Crippen molar-refractivity contribution in [3.05, 3.63) is 184 Å². The van der Waals surface area contributed by atoms with Crippen LogP contribution in [0.4, 0.5) is 11.8 Å². The number of aliphatic hydroxyl groups excluding tert-OH is 3. The molecular formula is C73H89N13O26PS4Tc-3. The van der Waals surface area contributed by atoms with E-state index in [0.717, 1.165) is 47.5 Å². The van der Waals surface area contributed by atoms with Crippen molar-refractivity contribution >= 4 is 122 Å². The molecule has 3 heterocycles. The van der Waals surface area contributed by atoms with Gasteiger partial charge in [0.05, 0.1) is 89.0 Å². The number of carbonyl (C=O) groups is 6. The minimum Gasteiger partial charge on any atom is -0.744 e. The van der Waals surface area contributed by atoms with E-state index in [1.54, 1.807) is 67.2 Å². The first-order chi connectivity index (χ1) is 55.4. The first-order valence-electron chi connectivity index (χ1n) is 35.6. The van der Waals surface area contributed by atoms with Gasteiger partial charge in [-0.25, -0.2) is 49.2 Å². The molecule has 0 aliphatic rings. The zero-order chi connectivity index (χ0) is 86.1. The smallest absolute Gasteiger partial charge is 0.323 e. The van der Waals surface area contributed by atoms with Gasteiger partial charge in [-0.2, -0.15) is 4.72 Å². The third kappa shape index (κ3) is 31.9. The molecule has 39 nitrogen and oxygen atoms in total. The van der Waals surface area contributed by atoms with Crippen LogP contribution in [0.25, 0.3) is 10.9 Å². The Bertz CT molecular complexity index is 5020. The summed E-state index contributed by atoms with van der Waals surface area (Å²) in [5.41, 5.74) is 8.02. The number of anilines is 1. The van der Waals surface area contributed by atoms with Crippen molar-refractivity contribution < 1.29 is 136 Å². The Morgan fingerprint density at radius 3 is 1.56 bits per heavy atom. The van der Waals surface area contributed by atoms with E-state index in [-0.39, 0.29) is 85.4 Å². The number of aliphatic carboxylic acids is 2. The average Bonchev–Trinajstić information content (AvgIpc) is 0.824. The number of carboxylic acids is 2. The third-order valence-electron chi connectivity index (χ3n) is 16.8. The number of aryl methyl sites for hydroxylation is 4. The molecule has 5 aromatic carbocycles. The van der Waals surface area contributed by atoms with E-state index in [9.17, 15) is 86.0 Å². The summed E-state index contributed by atoms with van der Waals surface area (Å²) in [6.07, 6.45) is 7.43. The van der Waals surface area contributed by atoms with Gasteiger partial charge in [0, 0.05) is 116 Å². The van der Waals surface area contributed by atoms with Crippen molar-refractivity contribution in [2.24, 2.45) is 5.11 Å². The van der Waals surface area contributed by atoms with Crippen LogP contribution in [-0.4, -0.2) is 232 Å². The molecule has 0 fully saturated rings. The second-order valence-electron chi connectivity index (χ2n) is 25.7. The minimum atomic E-state index is -4.66. The number of imidazole rings is 1. The van der Waals surface area contributed by atoms with Crippen molar-refractivity contribution in [2.45, 2.75) is 97.1 Å². The van der Waals surface area contributed by atoms with E-state index in [1.807, 2.05) is 6.92 Å². The molecule has 3 aromatic heterocycles. The van der Waals surface area contributed by atoms with Crippen LogP contribution in [0.3, 0.4) is 0 Å². The van der Waals surface area contributed by atoms with Crippen LogP contribution in [0.15, 0.2) is 170 Å². The molecule has 0 saturated heterocycles. The molecule has 4 amide bonds. The number of rotatable bonds is 45. The van der Waals surface area contributed by atoms with E-state index < -0.39 is 131 Å². The molecule has 0 spiro atoms. The van der Waals surface area contributed by atoms with Crippen LogP contribution in [0.2, 0.25) is 0 Å². The van der Waals surface area contributed by atoms with Crippen LogP contribution in [0.5, 0.6) is 0 Å². The standard InChI is InChI=1S/C49H64N12O12S.C18H15O9PS3.C6H13NO5.Tc/c1-32-25-33(2)45(34(3)26-32)74(69,70)60-39(48(67)68)30-57-47(66)38-31-61(40-27-35(7-9-37(40)44(38)64)28-58-49-54-16-17-55-49)18-4-13-51-42(62)11-12-43(63)52-14-5-19-71-21-23-73-24-22-72-20-6-15-53-46(65)36-8-10-41(59-50)56-29-36;19-29(20,21)16-7-1-13(2-8-16)28(14-3-9-17(10-4-14)30(22,23)24)15-5-11-18(12-6-15)31(25,26)27;8-2-6(3-9,4-10)7-1-5(11)12;/h7-10,16-17,25-27,29,31,39,50,60H,4-6,11-15,18-24,28,30H2,1-3H3,(H,51,62)(H,52,63)(H,53,65)(H,57,66)(H,67,68)(H2,54,55,58);1-12H,(H,19,20,21)(H,22,23,24)(H,25,26,27);7-10H,1-4H2,(H,11,12);/p-3/i;;;1+1. The molecule has 641 valence electrons. The van der Waals surface area contributed by atoms with Gasteiger partial charge in [0.1, 0.15) is 42.0 Å². The molecule has 0 aliphatic heterocycles. The number of nitrogens with zero attached hydrogens (tertiary/aromatic N) is 4. The fourth-order valence-corrected chi connectivity index (χ4v) is 16.2. The molecule has 0 saturated carbocycles. The number of aliphatic hydroxyl groups is 3. The number of pyridine rings is 2. The number of H-pyrrole nitrogens is 1. The van der Waals surface area contributed by atoms with Crippen LogP contribution in [-0.2, 0) is 107 Å². The Morgan fingerprint density at radius 2 is 1.12 bits per heavy atom. The second-order valence-corrected chi connectivity index (χ2v) is 33.7. The first kappa shape index (κ1) is 98.9. The Kier molecular flexibility index (Phi) is 40.1. The van der Waals surface area contributed by atoms with Gasteiger partial charge in [0.15, 0.2) is 11.8 Å². The number of sulfonamides is 1. The topological polar surface area (TPSA) is 621 Å². The van der Waals surface area contributed by atoms with E-state index in [4.69, 9.17) is 40.2 Å². The number of hydrogen-bond donors (Lipinski definition) is 14. The number of amides is 4. The number of aromatic nitrogens is 4. The molecule has 118 heavy (non-hydrogen) atoms. The fourth-order valence-electron chi connectivity index (χ4n) is 10.9. The van der Waals surface area contributed by atoms with Crippen molar-refractivity contribution in [1.82, 2.24) is 50.8 Å². The number of aromatic amines is 1. The molecule has 1 unspecified atom stereocenters. The number of carbonyl (C=O) groups excluding carboxylic acids is 4. The van der Waals surface area contributed by atoms with Crippen molar-refractivity contribution in [3.63, 3.8) is 0 Å². The fraction of sp³-hybridized carbons (Fsp3) is 0.356. The molecule has 1 radical (unpaired) electrons. The number of fused-ring (bicyclic) bond motifs is 1. The van der Waals surface area contributed by atoms with Gasteiger partial charge in [-0.05, 0) is 141 Å². The quantitative estimate of drug-likeness (QED) is 0.0108. The van der Waals surface area contributed by atoms with Gasteiger partial charge in [0.25, 0.3) is 11.8 Å². The van der Waals surface area contributed by atoms with Crippen LogP contribution >= 0.6 is 7.92 Å². The second kappa shape index (κ2) is 47.8. The Hall–Kier alpha value is -9.67. The number of carboxylic acid groups (broad SMARTS) is 2. The predicted molar refractivity (Wildman–Crippen MR) is 420 cm³/mol. The molecule has 14 N–H and O–H groups in total. The molecular weight excluding hydrogens is 1730 g/mol. The van der Waals surface area contributed by atoms with Gasteiger partial charge < -0.3 is 89.5 Å². The van der Waals surface area contributed by atoms with E-state index >= 15 is 0 Å². The largest absolute Gasteiger partial charge is 0.744 e. The van der Waals surface area contributed by atoms with Crippen molar-refractivity contribution in [1.29, 1.82) is 5.53 Å². The van der Waals surface area contributed by atoms with Crippen LogP contribution in [0, 0.1) is 26.3 Å². The summed E-state index contributed by atoms with van der Waals surface area (Å²) in [4.78, 5) is 96.6. The number of benzene rings is 5. The Balaban J connectivity index is 0.000000459. The zero-order valence-electron chi connectivity index (χ0n) is 63.8. The van der Waals surface area contributed by atoms with Gasteiger partial charge in [-0.1, -0.05) is 60.2 Å². The van der Waals surface area contributed by atoms with Crippen LogP contribution in [0.1, 0.15) is 75.1 Å². The molecule has 8 aromatic rings. The SMILES string of the molecule is Cc1cc(C)c(S(=O)(=O)NC(CNC(=O)c2cn(CCCNC(=O)CCC(=O)NCCCOCCOCCOCCCNC(=O)c3ccc(N=N)nc3)c3cc(CNc4ncc[nH]4)ccc3c2=O)C(=O)O)c(C)c1.O=C(O)CNC(CO)(CO)CO.O=S(=O)([O-])c1ccc(P(c2ccc(S(=O)(=O)[O-])cc2)c2ccc(S(=O)(=O)[O-])cc2)cc1.[99Tc]. The van der Waals surface area contributed by atoms with Gasteiger partial charge in [-0.3, -0.25) is 38.9 Å². The summed E-state index contributed by atoms with van der Waals surface area (Å²) in [5.74, 6) is -3.71. The monoisotopic (exact) mass is 1820 g/mol. The predicted octanol–water partition coefficient (Wildman–Crippen LogP) is 0.675. The maximum Gasteiger partial charge on any atom is 0.323 e. The molecule has 1 atom stereocenters. The Labute approximate surface area is 693 Å². The van der Waals surface area contributed by atoms with Gasteiger partial charge >= 0.3 is 11.9 Å². The van der Waals surface area contributed by atoms with Gasteiger partial charge in [-0.15, -0.1) is 5.11 Å². The average molecular weight is 1820 g/mol. The van der Waals surface area contributed by atoms with E-state index in [2.05, 4.69) is 56.7 Å². The van der Waals surface area contributed by atoms with Crippen molar-refractivity contribution in [3.8, 4) is 0 Å². The molecule has 45 heteroatoms. The van der Waals surface area contributed by atoms with Gasteiger partial charge in [0.2, 0.25) is 27.3 Å². The normalized spacial score (nSPS) is 11.9. The number of nitrogens with one attached hydrogen (secondary N) is 9. The summed E-state index contributed by atoms with van der Waals surface area (Å²) in [6, 6.07) is 24.9. The third-order valence-corrected chi connectivity index (χ3v) is 23.6. The van der Waals surface area contributed by atoms with Crippen molar-refractivity contribution in [2.75, 3.05) is 97.5 Å². The maximum absolute atomic E-state index is 13.8. The zero-order valence-corrected chi connectivity index (χ0v) is 69.8.